The Labute approximate surface area is 115 Å². The predicted molar refractivity (Wildman–Crippen MR) is 74.5 cm³/mol. The second kappa shape index (κ2) is 5.46. The van der Waals surface area contributed by atoms with Crippen LogP contribution in [0.4, 0.5) is 0 Å². The quantitative estimate of drug-likeness (QED) is 0.479. The summed E-state index contributed by atoms with van der Waals surface area (Å²) >= 11 is 0.653. The number of nitrogens with zero attached hydrogens (tertiary/aromatic N) is 1. The van der Waals surface area contributed by atoms with Gasteiger partial charge in [0.1, 0.15) is 0 Å². The molecule has 1 aromatic rings. The number of benzene rings is 1. The topological polar surface area (TPSA) is 32.6 Å². The number of oxime groups is 1. The van der Waals surface area contributed by atoms with Crippen molar-refractivity contribution in [2.24, 2.45) is 11.1 Å². The molecule has 2 nitrogen and oxygen atoms in total. The van der Waals surface area contributed by atoms with Gasteiger partial charge in [0, 0.05) is 0 Å². The molecule has 1 N–H and O–H groups in total. The first kappa shape index (κ1) is 12.3. The molecule has 0 bridgehead atoms. The zero-order chi connectivity index (χ0) is 12.4. The van der Waals surface area contributed by atoms with E-state index in [1.54, 1.807) is 0 Å². The molecule has 1 saturated carbocycles. The van der Waals surface area contributed by atoms with E-state index in [0.29, 0.717) is 25.7 Å². The molecule has 0 spiro atoms. The molecular formula is C15H19NOSe. The van der Waals surface area contributed by atoms with Crippen LogP contribution in [0.2, 0.25) is 4.82 Å². The Hall–Kier alpha value is -0.791. The summed E-state index contributed by atoms with van der Waals surface area (Å²) in [7, 11) is 0. The summed E-state index contributed by atoms with van der Waals surface area (Å²) in [5.41, 5.74) is 2.50. The van der Waals surface area contributed by atoms with Crippen LogP contribution in [-0.4, -0.2) is 25.9 Å². The van der Waals surface area contributed by atoms with Crippen LogP contribution in [0.15, 0.2) is 35.5 Å². The summed E-state index contributed by atoms with van der Waals surface area (Å²) in [5.74, 6) is 0.587. The number of hydrogen-bond donors (Lipinski definition) is 1. The Morgan fingerprint density at radius 3 is 2.67 bits per heavy atom. The van der Waals surface area contributed by atoms with Gasteiger partial charge in [0.25, 0.3) is 0 Å². The normalized spacial score (nSPS) is 34.2. The molecule has 1 saturated heterocycles. The Balaban J connectivity index is 1.83. The number of rotatable bonds is 1. The van der Waals surface area contributed by atoms with Crippen molar-refractivity contribution in [3.8, 4) is 0 Å². The van der Waals surface area contributed by atoms with Crippen molar-refractivity contribution in [2.75, 3.05) is 0 Å². The summed E-state index contributed by atoms with van der Waals surface area (Å²) in [6, 6.07) is 10.8. The third kappa shape index (κ3) is 2.34. The Bertz CT molecular complexity index is 431. The summed E-state index contributed by atoms with van der Waals surface area (Å²) in [6.07, 6.45) is 6.23. The molecule has 2 fully saturated rings. The summed E-state index contributed by atoms with van der Waals surface area (Å²) < 4.78 is 0. The molecule has 1 aliphatic heterocycles. The zero-order valence-electron chi connectivity index (χ0n) is 10.5. The van der Waals surface area contributed by atoms with Crippen molar-refractivity contribution in [2.45, 2.75) is 41.7 Å². The average Bonchev–Trinajstić information content (AvgIpc) is 2.47. The molecule has 3 heteroatoms. The Kier molecular flexibility index (Phi) is 3.72. The molecular weight excluding hydrogens is 289 g/mol. The first-order chi connectivity index (χ1) is 8.88. The van der Waals surface area contributed by atoms with Gasteiger partial charge >= 0.3 is 115 Å². The number of hydrogen-bond acceptors (Lipinski definition) is 2. The molecule has 3 unspecified atom stereocenters. The van der Waals surface area contributed by atoms with Crippen LogP contribution in [0.5, 0.6) is 0 Å². The molecule has 1 heterocycles. The monoisotopic (exact) mass is 309 g/mol. The first-order valence-corrected chi connectivity index (χ1v) is 8.77. The molecule has 2 aliphatic rings. The van der Waals surface area contributed by atoms with Gasteiger partial charge in [0.05, 0.1) is 0 Å². The van der Waals surface area contributed by atoms with Gasteiger partial charge in [-0.15, -0.1) is 0 Å². The summed E-state index contributed by atoms with van der Waals surface area (Å²) in [4.78, 5) is 1.42. The SMILES string of the molecule is ON=C1CC(c2ccccc2)[Se]C2CCCCC12. The molecule has 96 valence electrons. The van der Waals surface area contributed by atoms with Crippen molar-refractivity contribution in [3.63, 3.8) is 0 Å². The fourth-order valence-corrected chi connectivity index (χ4v) is 6.97. The minimum absolute atomic E-state index is 0.587. The fraction of sp³-hybridized carbons (Fsp3) is 0.533. The first-order valence-electron chi connectivity index (χ1n) is 6.79. The van der Waals surface area contributed by atoms with E-state index in [0.717, 1.165) is 16.9 Å². The van der Waals surface area contributed by atoms with E-state index in [1.165, 1.54) is 31.2 Å². The van der Waals surface area contributed by atoms with Crippen molar-refractivity contribution in [1.29, 1.82) is 0 Å². The Morgan fingerprint density at radius 1 is 1.11 bits per heavy atom. The maximum absolute atomic E-state index is 9.29. The molecule has 3 rings (SSSR count). The maximum atomic E-state index is 9.29. The van der Waals surface area contributed by atoms with E-state index in [2.05, 4.69) is 35.5 Å². The van der Waals surface area contributed by atoms with E-state index >= 15 is 0 Å². The van der Waals surface area contributed by atoms with E-state index in [1.807, 2.05) is 0 Å². The van der Waals surface area contributed by atoms with Gasteiger partial charge < -0.3 is 0 Å². The summed E-state index contributed by atoms with van der Waals surface area (Å²) in [5, 5.41) is 12.9. The Morgan fingerprint density at radius 2 is 1.89 bits per heavy atom. The minimum atomic E-state index is 0.587. The van der Waals surface area contributed by atoms with Crippen LogP contribution in [0.1, 0.15) is 42.5 Å². The van der Waals surface area contributed by atoms with Crippen LogP contribution < -0.4 is 0 Å². The molecule has 0 radical (unpaired) electrons. The third-order valence-electron chi connectivity index (χ3n) is 4.16. The molecule has 0 amide bonds. The van der Waals surface area contributed by atoms with Gasteiger partial charge in [0.15, 0.2) is 0 Å². The standard InChI is InChI=1S/C15H19NOSe/c17-16-13-10-15(11-6-2-1-3-7-11)18-14-9-5-4-8-12(13)14/h1-3,6-7,12,14-15,17H,4-5,8-10H2. The van der Waals surface area contributed by atoms with Crippen molar-refractivity contribution < 1.29 is 5.21 Å². The van der Waals surface area contributed by atoms with E-state index < -0.39 is 0 Å². The zero-order valence-corrected chi connectivity index (χ0v) is 12.2. The molecule has 1 aromatic carbocycles. The molecule has 18 heavy (non-hydrogen) atoms. The van der Waals surface area contributed by atoms with Crippen LogP contribution >= 0.6 is 0 Å². The van der Waals surface area contributed by atoms with Gasteiger partial charge in [-0.3, -0.25) is 0 Å². The van der Waals surface area contributed by atoms with Crippen molar-refractivity contribution in [3.05, 3.63) is 35.9 Å². The van der Waals surface area contributed by atoms with Crippen LogP contribution in [-0.2, 0) is 0 Å². The molecule has 0 aromatic heterocycles. The third-order valence-corrected chi connectivity index (χ3v) is 7.69. The van der Waals surface area contributed by atoms with Crippen molar-refractivity contribution >= 4 is 20.7 Å². The molecule has 1 aliphatic carbocycles. The fourth-order valence-electron chi connectivity index (χ4n) is 3.22. The summed E-state index contributed by atoms with van der Waals surface area (Å²) in [6.45, 7) is 0. The van der Waals surface area contributed by atoms with Crippen LogP contribution in [0.3, 0.4) is 0 Å². The van der Waals surface area contributed by atoms with Crippen LogP contribution in [0, 0.1) is 5.92 Å². The van der Waals surface area contributed by atoms with Crippen LogP contribution in [0.25, 0.3) is 0 Å². The average molecular weight is 308 g/mol. The van der Waals surface area contributed by atoms with Crippen molar-refractivity contribution in [1.82, 2.24) is 0 Å². The van der Waals surface area contributed by atoms with Gasteiger partial charge in [-0.1, -0.05) is 0 Å². The second-order valence-corrected chi connectivity index (χ2v) is 8.30. The van der Waals surface area contributed by atoms with E-state index in [9.17, 15) is 5.21 Å². The van der Waals surface area contributed by atoms with Gasteiger partial charge in [-0.25, -0.2) is 0 Å². The second-order valence-electron chi connectivity index (χ2n) is 5.26. The number of fused-ring (bicyclic) bond motifs is 1. The van der Waals surface area contributed by atoms with Gasteiger partial charge in [0.2, 0.25) is 0 Å². The molecule has 3 atom stereocenters. The van der Waals surface area contributed by atoms with Gasteiger partial charge in [-0.05, 0) is 0 Å². The van der Waals surface area contributed by atoms with Gasteiger partial charge in [-0.2, -0.15) is 0 Å². The van der Waals surface area contributed by atoms with E-state index in [4.69, 9.17) is 0 Å². The van der Waals surface area contributed by atoms with E-state index in [-0.39, 0.29) is 0 Å². The predicted octanol–water partition coefficient (Wildman–Crippen LogP) is 3.64.